The second-order valence-corrected chi connectivity index (χ2v) is 13.4. The van der Waals surface area contributed by atoms with Crippen LogP contribution in [0.2, 0.25) is 0 Å². The summed E-state index contributed by atoms with van der Waals surface area (Å²) < 4.78 is 64.1. The standard InChI is InChI=1S/C42H54FN5O12/c1-52-11-12-54-13-14-55-15-16-56-17-18-57-19-20-58-21-22-59-23-24-60-36-9-10-37(53-2)39(43)38(36)40(49)29-3-5-30(6-4-29)41(50)46-34-27-44-28-35(34)47-42(51)31-7-8-32-26-45-48-33(32)25-31/h3-10,25-26,34-35,44H,11-24,27-28H2,1-2H3,(H,45,48)(H,46,50)(H,47,51)/t34-,35-/m1/s1. The van der Waals surface area contributed by atoms with Crippen LogP contribution in [0.3, 0.4) is 0 Å². The van der Waals surface area contributed by atoms with Crippen molar-refractivity contribution >= 4 is 28.5 Å². The average Bonchev–Trinajstić information content (AvgIpc) is 3.93. The maximum absolute atomic E-state index is 15.5. The van der Waals surface area contributed by atoms with Crippen molar-refractivity contribution in [2.45, 2.75) is 12.1 Å². The van der Waals surface area contributed by atoms with Gasteiger partial charge in [0.2, 0.25) is 0 Å². The number of nitrogens with one attached hydrogen (secondary N) is 4. The highest BCUT2D eigenvalue weighted by molar-refractivity contribution is 6.11. The second-order valence-electron chi connectivity index (χ2n) is 13.4. The molecule has 1 aromatic heterocycles. The first-order valence-electron chi connectivity index (χ1n) is 19.7. The Kier molecular flexibility index (Phi) is 19.6. The average molecular weight is 840 g/mol. The van der Waals surface area contributed by atoms with Gasteiger partial charge in [0.25, 0.3) is 11.8 Å². The first-order valence-corrected chi connectivity index (χ1v) is 19.7. The van der Waals surface area contributed by atoms with Gasteiger partial charge in [-0.15, -0.1) is 0 Å². The molecule has 2 amide bonds. The van der Waals surface area contributed by atoms with Gasteiger partial charge < -0.3 is 58.6 Å². The van der Waals surface area contributed by atoms with E-state index in [-0.39, 0.29) is 53.4 Å². The molecule has 1 saturated heterocycles. The third-order valence-corrected chi connectivity index (χ3v) is 9.25. The lowest BCUT2D eigenvalue weighted by Gasteiger charge is -2.21. The highest BCUT2D eigenvalue weighted by Crippen LogP contribution is 2.31. The predicted molar refractivity (Wildman–Crippen MR) is 217 cm³/mol. The van der Waals surface area contributed by atoms with E-state index in [2.05, 4.69) is 26.1 Å². The molecule has 2 heterocycles. The van der Waals surface area contributed by atoms with E-state index in [1.807, 2.05) is 6.07 Å². The highest BCUT2D eigenvalue weighted by Gasteiger charge is 2.31. The summed E-state index contributed by atoms with van der Waals surface area (Å²) in [5.41, 5.74) is 1.31. The van der Waals surface area contributed by atoms with Crippen LogP contribution in [0, 0.1) is 5.82 Å². The Bertz CT molecular complexity index is 1930. The van der Waals surface area contributed by atoms with Gasteiger partial charge in [0, 0.05) is 42.3 Å². The summed E-state index contributed by atoms with van der Waals surface area (Å²) in [7, 11) is 2.93. The van der Waals surface area contributed by atoms with Crippen molar-refractivity contribution in [3.63, 3.8) is 0 Å². The number of ketones is 1. The zero-order valence-corrected chi connectivity index (χ0v) is 34.0. The first kappa shape index (κ1) is 46.0. The van der Waals surface area contributed by atoms with E-state index in [4.69, 9.17) is 42.6 Å². The molecule has 326 valence electrons. The van der Waals surface area contributed by atoms with Gasteiger partial charge in [-0.2, -0.15) is 5.10 Å². The Hall–Kier alpha value is -5.05. The monoisotopic (exact) mass is 839 g/mol. The number of rotatable bonds is 29. The molecule has 0 unspecified atom stereocenters. The lowest BCUT2D eigenvalue weighted by Crippen LogP contribution is -2.51. The van der Waals surface area contributed by atoms with Crippen molar-refractivity contribution in [2.75, 3.05) is 120 Å². The van der Waals surface area contributed by atoms with Crippen LogP contribution in [0.1, 0.15) is 36.6 Å². The second kappa shape index (κ2) is 25.5. The zero-order valence-electron chi connectivity index (χ0n) is 34.0. The Morgan fingerprint density at radius 2 is 1.12 bits per heavy atom. The molecule has 5 rings (SSSR count). The minimum atomic E-state index is -0.874. The fourth-order valence-corrected chi connectivity index (χ4v) is 6.06. The van der Waals surface area contributed by atoms with Gasteiger partial charge in [-0.3, -0.25) is 19.5 Å². The normalized spacial score (nSPS) is 15.0. The lowest BCUT2D eigenvalue weighted by atomic mass is 10.00. The summed E-state index contributed by atoms with van der Waals surface area (Å²) in [6, 6.07) is 13.2. The number of aromatic amines is 1. The smallest absolute Gasteiger partial charge is 0.251 e. The number of amides is 2. The van der Waals surface area contributed by atoms with Crippen molar-refractivity contribution in [3.8, 4) is 11.5 Å². The van der Waals surface area contributed by atoms with Gasteiger partial charge in [0.15, 0.2) is 17.3 Å². The Morgan fingerprint density at radius 3 is 1.67 bits per heavy atom. The largest absolute Gasteiger partial charge is 0.494 e. The quantitative estimate of drug-likeness (QED) is 0.0460. The number of fused-ring (bicyclic) bond motifs is 1. The molecular formula is C42H54FN5O12. The van der Waals surface area contributed by atoms with E-state index in [1.54, 1.807) is 25.4 Å². The van der Waals surface area contributed by atoms with E-state index in [0.29, 0.717) is 97.9 Å². The van der Waals surface area contributed by atoms with Gasteiger partial charge in [-0.25, -0.2) is 4.39 Å². The Labute approximate surface area is 347 Å². The number of nitrogens with zero attached hydrogens (tertiary/aromatic N) is 1. The number of hydrogen-bond acceptors (Lipinski definition) is 14. The summed E-state index contributed by atoms with van der Waals surface area (Å²) in [5.74, 6) is -2.31. The summed E-state index contributed by atoms with van der Waals surface area (Å²) >= 11 is 0. The first-order chi connectivity index (χ1) is 29.4. The third-order valence-electron chi connectivity index (χ3n) is 9.25. The van der Waals surface area contributed by atoms with Crippen molar-refractivity contribution < 1.29 is 61.4 Å². The van der Waals surface area contributed by atoms with Gasteiger partial charge in [-0.1, -0.05) is 18.2 Å². The fraction of sp³-hybridized carbons (Fsp3) is 0.476. The van der Waals surface area contributed by atoms with E-state index in [1.165, 1.54) is 43.5 Å². The number of ether oxygens (including phenoxy) is 9. The third kappa shape index (κ3) is 14.3. The molecule has 4 aromatic rings. The van der Waals surface area contributed by atoms with Gasteiger partial charge in [0.1, 0.15) is 17.9 Å². The Balaban J connectivity index is 0.985. The number of methoxy groups -OCH3 is 2. The summed E-state index contributed by atoms with van der Waals surface area (Å²) in [4.78, 5) is 39.9. The zero-order chi connectivity index (χ0) is 42.4. The van der Waals surface area contributed by atoms with Crippen molar-refractivity contribution in [3.05, 3.63) is 88.9 Å². The number of benzene rings is 3. The molecule has 2 atom stereocenters. The molecule has 60 heavy (non-hydrogen) atoms. The van der Waals surface area contributed by atoms with Gasteiger partial charge >= 0.3 is 0 Å². The minimum absolute atomic E-state index is 0.0169. The molecule has 0 aliphatic carbocycles. The number of hydrogen-bond donors (Lipinski definition) is 4. The van der Waals surface area contributed by atoms with Crippen molar-refractivity contribution in [2.24, 2.45) is 0 Å². The van der Waals surface area contributed by atoms with Crippen LogP contribution in [-0.2, 0) is 33.2 Å². The van der Waals surface area contributed by atoms with Crippen LogP contribution in [0.4, 0.5) is 4.39 Å². The van der Waals surface area contributed by atoms with E-state index in [9.17, 15) is 14.4 Å². The number of aromatic nitrogens is 2. The van der Waals surface area contributed by atoms with E-state index < -0.39 is 23.5 Å². The molecule has 0 saturated carbocycles. The molecular weight excluding hydrogens is 785 g/mol. The number of carbonyl (C=O) groups is 3. The molecule has 0 spiro atoms. The molecule has 1 fully saturated rings. The number of carbonyl (C=O) groups excluding carboxylic acids is 3. The fourth-order valence-electron chi connectivity index (χ4n) is 6.06. The molecule has 4 N–H and O–H groups in total. The maximum Gasteiger partial charge on any atom is 0.251 e. The molecule has 1 aliphatic rings. The van der Waals surface area contributed by atoms with Crippen LogP contribution in [0.15, 0.2) is 60.8 Å². The molecule has 1 aliphatic heterocycles. The van der Waals surface area contributed by atoms with Gasteiger partial charge in [0.05, 0.1) is 117 Å². The van der Waals surface area contributed by atoms with Crippen LogP contribution >= 0.6 is 0 Å². The van der Waals surface area contributed by atoms with Crippen LogP contribution < -0.4 is 25.4 Å². The van der Waals surface area contributed by atoms with Crippen molar-refractivity contribution in [1.29, 1.82) is 0 Å². The van der Waals surface area contributed by atoms with E-state index >= 15 is 4.39 Å². The molecule has 18 heteroatoms. The maximum atomic E-state index is 15.5. The molecule has 0 radical (unpaired) electrons. The molecule has 3 aromatic carbocycles. The molecule has 0 bridgehead atoms. The lowest BCUT2D eigenvalue weighted by molar-refractivity contribution is -0.0199. The number of halogens is 1. The summed E-state index contributed by atoms with van der Waals surface area (Å²) in [5, 5.41) is 16.9. The number of H-pyrrole nitrogens is 1. The topological polar surface area (TPSA) is 199 Å². The van der Waals surface area contributed by atoms with Gasteiger partial charge in [-0.05, 0) is 36.4 Å². The Morgan fingerprint density at radius 1 is 0.633 bits per heavy atom. The highest BCUT2D eigenvalue weighted by atomic mass is 19.1. The van der Waals surface area contributed by atoms with E-state index in [0.717, 1.165) is 10.9 Å². The summed E-state index contributed by atoms with van der Waals surface area (Å²) in [6.45, 7) is 6.50. The molecule has 17 nitrogen and oxygen atoms in total. The van der Waals surface area contributed by atoms with Crippen LogP contribution in [0.5, 0.6) is 11.5 Å². The predicted octanol–water partition coefficient (Wildman–Crippen LogP) is 2.57. The van der Waals surface area contributed by atoms with Crippen LogP contribution in [-0.4, -0.2) is 160 Å². The van der Waals surface area contributed by atoms with Crippen LogP contribution in [0.25, 0.3) is 10.9 Å². The SMILES string of the molecule is COCCOCCOCCOCCOCCOCCOCCOc1ccc(OC)c(F)c1C(=O)c1ccc(C(=O)N[C@@H]2CNC[C@H]2NC(=O)c2ccc3cn[nH]c3c2)cc1. The summed E-state index contributed by atoms with van der Waals surface area (Å²) in [6.07, 6.45) is 1.68. The minimum Gasteiger partial charge on any atom is -0.494 e. The van der Waals surface area contributed by atoms with Crippen molar-refractivity contribution in [1.82, 2.24) is 26.1 Å².